The summed E-state index contributed by atoms with van der Waals surface area (Å²) in [4.78, 5) is 28.7. The van der Waals surface area contributed by atoms with Gasteiger partial charge in [0.25, 0.3) is 0 Å². The molecule has 0 spiro atoms. The topological polar surface area (TPSA) is 60.9 Å². The molecule has 2 aromatic carbocycles. The summed E-state index contributed by atoms with van der Waals surface area (Å²) < 4.78 is 13.0. The minimum Gasteiger partial charge on any atom is -0.394 e. The maximum Gasteiger partial charge on any atom is 0.242 e. The van der Waals surface area contributed by atoms with Crippen molar-refractivity contribution >= 4 is 11.8 Å². The van der Waals surface area contributed by atoms with Crippen molar-refractivity contribution < 1.29 is 19.1 Å². The smallest absolute Gasteiger partial charge is 0.242 e. The van der Waals surface area contributed by atoms with Crippen molar-refractivity contribution in [1.29, 1.82) is 0 Å². The molecule has 2 amide bonds. The molecule has 0 radical (unpaired) electrons. The normalized spacial score (nSPS) is 24.3. The van der Waals surface area contributed by atoms with Crippen LogP contribution in [0.4, 0.5) is 4.39 Å². The fraction of sp³-hybridized carbons (Fsp3) is 0.385. The first kappa shape index (κ1) is 20.7. The summed E-state index contributed by atoms with van der Waals surface area (Å²) in [6, 6.07) is 13.5. The summed E-state index contributed by atoms with van der Waals surface area (Å²) in [5, 5.41) is 9.94. The Balaban J connectivity index is 1.31. The number of aliphatic hydroxyl groups is 1. The lowest BCUT2D eigenvalue weighted by Gasteiger charge is -2.58. The number of fused-ring (bicyclic) bond motifs is 1. The fourth-order valence-corrected chi connectivity index (χ4v) is 4.85. The first-order valence-corrected chi connectivity index (χ1v) is 11.1. The Labute approximate surface area is 186 Å². The molecule has 5 nitrogen and oxygen atoms in total. The molecule has 2 saturated heterocycles. The molecule has 164 valence electrons. The molecule has 3 aliphatic rings. The highest BCUT2D eigenvalue weighted by Gasteiger charge is 2.54. The van der Waals surface area contributed by atoms with Crippen LogP contribution in [0, 0.1) is 23.6 Å². The van der Waals surface area contributed by atoms with Crippen LogP contribution in [-0.2, 0) is 9.59 Å². The second-order valence-electron chi connectivity index (χ2n) is 8.94. The molecular formula is C26H25FN2O3. The SMILES string of the molecule is O=C(CC1CC1)N1CC(=O)N2[C@@H](CO)[C@H](c3ccc(C#Cc4ccc(F)cc4)cc3)[C@@H]2C1. The second-order valence-corrected chi connectivity index (χ2v) is 8.94. The molecule has 32 heavy (non-hydrogen) atoms. The van der Waals surface area contributed by atoms with Gasteiger partial charge in [0.15, 0.2) is 0 Å². The molecule has 3 atom stereocenters. The number of rotatable bonds is 4. The van der Waals surface area contributed by atoms with Gasteiger partial charge in [-0.3, -0.25) is 9.59 Å². The minimum absolute atomic E-state index is 0.0143. The number of aliphatic hydroxyl groups excluding tert-OH is 1. The van der Waals surface area contributed by atoms with Gasteiger partial charge in [-0.05, 0) is 60.7 Å². The van der Waals surface area contributed by atoms with E-state index in [-0.39, 0.29) is 48.8 Å². The molecule has 2 aromatic rings. The molecule has 5 rings (SSSR count). The number of hydrogen-bond acceptors (Lipinski definition) is 3. The minimum atomic E-state index is -0.290. The molecule has 6 heteroatoms. The van der Waals surface area contributed by atoms with E-state index in [9.17, 15) is 19.1 Å². The highest BCUT2D eigenvalue weighted by molar-refractivity contribution is 5.88. The fourth-order valence-electron chi connectivity index (χ4n) is 4.85. The Morgan fingerprint density at radius 1 is 1.03 bits per heavy atom. The van der Waals surface area contributed by atoms with Crippen molar-refractivity contribution in [2.45, 2.75) is 37.3 Å². The molecule has 1 N–H and O–H groups in total. The van der Waals surface area contributed by atoms with Crippen LogP contribution in [0.1, 0.15) is 41.9 Å². The van der Waals surface area contributed by atoms with E-state index in [1.807, 2.05) is 24.3 Å². The third-order valence-electron chi connectivity index (χ3n) is 6.76. The van der Waals surface area contributed by atoms with Gasteiger partial charge in [-0.2, -0.15) is 0 Å². The van der Waals surface area contributed by atoms with Crippen LogP contribution in [-0.4, -0.2) is 58.5 Å². The summed E-state index contributed by atoms with van der Waals surface area (Å²) in [6.07, 6.45) is 2.75. The van der Waals surface area contributed by atoms with Crippen LogP contribution >= 0.6 is 0 Å². The van der Waals surface area contributed by atoms with Gasteiger partial charge >= 0.3 is 0 Å². The maximum absolute atomic E-state index is 13.0. The molecule has 0 bridgehead atoms. The van der Waals surface area contributed by atoms with Crippen molar-refractivity contribution in [3.63, 3.8) is 0 Å². The third-order valence-corrected chi connectivity index (χ3v) is 6.76. The Morgan fingerprint density at radius 2 is 1.66 bits per heavy atom. The van der Waals surface area contributed by atoms with Gasteiger partial charge in [-0.15, -0.1) is 0 Å². The standard InChI is InChI=1S/C26H25FN2O3/c27-21-11-7-18(8-12-21)2-1-17-5-9-20(10-6-17)26-22-14-28(24(31)13-19-3-4-19)15-25(32)29(22)23(26)16-30/h5-12,19,22-23,26,30H,3-4,13-16H2/t22-,23-,26+/m0/s1. The third kappa shape index (κ3) is 4.01. The van der Waals surface area contributed by atoms with Gasteiger partial charge in [0.2, 0.25) is 11.8 Å². The maximum atomic E-state index is 13.0. The van der Waals surface area contributed by atoms with Crippen LogP contribution in [0.3, 0.4) is 0 Å². The summed E-state index contributed by atoms with van der Waals surface area (Å²) in [5.74, 6) is 6.27. The van der Waals surface area contributed by atoms with E-state index >= 15 is 0 Å². The van der Waals surface area contributed by atoms with Crippen molar-refractivity contribution in [1.82, 2.24) is 9.80 Å². The lowest BCUT2D eigenvalue weighted by Crippen LogP contribution is -2.73. The number of amides is 2. The van der Waals surface area contributed by atoms with E-state index in [4.69, 9.17) is 0 Å². The molecular weight excluding hydrogens is 407 g/mol. The van der Waals surface area contributed by atoms with E-state index in [1.165, 1.54) is 12.1 Å². The van der Waals surface area contributed by atoms with E-state index in [1.54, 1.807) is 21.9 Å². The van der Waals surface area contributed by atoms with Gasteiger partial charge in [-0.1, -0.05) is 24.0 Å². The number of halogens is 1. The van der Waals surface area contributed by atoms with Gasteiger partial charge in [0.05, 0.1) is 25.2 Å². The average molecular weight is 432 g/mol. The largest absolute Gasteiger partial charge is 0.394 e. The number of hydrogen-bond donors (Lipinski definition) is 1. The molecule has 3 fully saturated rings. The molecule has 0 unspecified atom stereocenters. The second kappa shape index (κ2) is 8.40. The quantitative estimate of drug-likeness (QED) is 0.756. The van der Waals surface area contributed by atoms with E-state index < -0.39 is 0 Å². The summed E-state index contributed by atoms with van der Waals surface area (Å²) in [6.45, 7) is 0.531. The van der Waals surface area contributed by atoms with Crippen molar-refractivity contribution in [2.75, 3.05) is 19.7 Å². The van der Waals surface area contributed by atoms with Crippen LogP contribution < -0.4 is 0 Å². The molecule has 2 aliphatic heterocycles. The zero-order chi connectivity index (χ0) is 22.2. The highest BCUT2D eigenvalue weighted by Crippen LogP contribution is 2.43. The molecule has 2 heterocycles. The number of carbonyl (C=O) groups excluding carboxylic acids is 2. The first-order valence-electron chi connectivity index (χ1n) is 11.1. The number of piperazine rings is 1. The Morgan fingerprint density at radius 3 is 2.25 bits per heavy atom. The van der Waals surface area contributed by atoms with Crippen LogP contribution in [0.15, 0.2) is 48.5 Å². The summed E-state index contributed by atoms with van der Waals surface area (Å²) >= 11 is 0. The Kier molecular flexibility index (Phi) is 5.44. The zero-order valence-corrected chi connectivity index (χ0v) is 17.7. The number of carbonyl (C=O) groups is 2. The number of nitrogens with zero attached hydrogens (tertiary/aromatic N) is 2. The highest BCUT2D eigenvalue weighted by atomic mass is 19.1. The predicted molar refractivity (Wildman–Crippen MR) is 117 cm³/mol. The Bertz CT molecular complexity index is 1080. The summed E-state index contributed by atoms with van der Waals surface area (Å²) in [7, 11) is 0. The van der Waals surface area contributed by atoms with Gasteiger partial charge in [-0.25, -0.2) is 4.39 Å². The Hall–Kier alpha value is -3.17. The van der Waals surface area contributed by atoms with Gasteiger partial charge < -0.3 is 14.9 Å². The number of benzene rings is 2. The average Bonchev–Trinajstić information content (AvgIpc) is 3.59. The van der Waals surface area contributed by atoms with Crippen molar-refractivity contribution in [3.8, 4) is 11.8 Å². The predicted octanol–water partition coefficient (Wildman–Crippen LogP) is 2.52. The monoisotopic (exact) mass is 432 g/mol. The lowest BCUT2D eigenvalue weighted by atomic mass is 9.73. The van der Waals surface area contributed by atoms with Gasteiger partial charge in [0.1, 0.15) is 5.82 Å². The van der Waals surface area contributed by atoms with E-state index in [0.717, 1.165) is 29.5 Å². The van der Waals surface area contributed by atoms with Crippen LogP contribution in [0.25, 0.3) is 0 Å². The summed E-state index contributed by atoms with van der Waals surface area (Å²) in [5.41, 5.74) is 2.60. The van der Waals surface area contributed by atoms with Crippen molar-refractivity contribution in [2.24, 2.45) is 5.92 Å². The van der Waals surface area contributed by atoms with Gasteiger partial charge in [0, 0.05) is 30.0 Å². The molecule has 1 aliphatic carbocycles. The van der Waals surface area contributed by atoms with Crippen LogP contribution in [0.5, 0.6) is 0 Å². The lowest BCUT2D eigenvalue weighted by molar-refractivity contribution is -0.167. The van der Waals surface area contributed by atoms with Crippen molar-refractivity contribution in [3.05, 3.63) is 71.0 Å². The zero-order valence-electron chi connectivity index (χ0n) is 17.7. The first-order chi connectivity index (χ1) is 15.5. The van der Waals surface area contributed by atoms with Crippen LogP contribution in [0.2, 0.25) is 0 Å². The molecule has 1 saturated carbocycles. The van der Waals surface area contributed by atoms with E-state index in [0.29, 0.717) is 18.9 Å². The molecule has 0 aromatic heterocycles. The van der Waals surface area contributed by atoms with E-state index in [2.05, 4.69) is 11.8 Å².